The zero-order valence-corrected chi connectivity index (χ0v) is 14.0. The Labute approximate surface area is 150 Å². The summed E-state index contributed by atoms with van der Waals surface area (Å²) in [5.41, 5.74) is 2.05. The van der Waals surface area contributed by atoms with Crippen LogP contribution in [0.2, 0.25) is 0 Å². The summed E-state index contributed by atoms with van der Waals surface area (Å²) in [7, 11) is 1.31. The Balaban J connectivity index is 2.76. The van der Waals surface area contributed by atoms with Gasteiger partial charge >= 0.3 is 12.4 Å². The smallest absolute Gasteiger partial charge is 0.383 e. The van der Waals surface area contributed by atoms with E-state index in [0.717, 1.165) is 0 Å². The molecule has 1 aromatic carbocycles. The summed E-state index contributed by atoms with van der Waals surface area (Å²) >= 11 is 0. The predicted octanol–water partition coefficient (Wildman–Crippen LogP) is 1.43. The maximum atomic E-state index is 12.8. The molecule has 12 heteroatoms. The number of alkyl halides is 6. The molecule has 0 aliphatic carbocycles. The summed E-state index contributed by atoms with van der Waals surface area (Å²) in [6.45, 7) is -1.24. The normalized spacial score (nSPS) is 13.2. The number of rotatable bonds is 7. The molecule has 0 radical (unpaired) electrons. The molecule has 4 N–H and O–H groups in total. The van der Waals surface area contributed by atoms with Crippen molar-refractivity contribution in [1.29, 1.82) is 0 Å². The van der Waals surface area contributed by atoms with E-state index in [4.69, 9.17) is 5.73 Å². The van der Waals surface area contributed by atoms with Crippen molar-refractivity contribution in [1.82, 2.24) is 10.6 Å². The summed E-state index contributed by atoms with van der Waals surface area (Å²) in [5.74, 6) is -1.52. The Morgan fingerprint density at radius 2 is 1.56 bits per heavy atom. The number of nitrogens with two attached hydrogens (primary N) is 1. The lowest BCUT2D eigenvalue weighted by atomic mass is 10.0. The van der Waals surface area contributed by atoms with Gasteiger partial charge in [0.15, 0.2) is 0 Å². The molecule has 27 heavy (non-hydrogen) atoms. The fourth-order valence-corrected chi connectivity index (χ4v) is 1.94. The van der Waals surface area contributed by atoms with Crippen LogP contribution in [0, 0.1) is 0 Å². The number of carbonyl (C=O) groups is 2. The number of halogens is 6. The van der Waals surface area contributed by atoms with Crippen LogP contribution in [-0.4, -0.2) is 38.1 Å². The molecule has 0 aromatic heterocycles. The van der Waals surface area contributed by atoms with Crippen LogP contribution in [-0.2, 0) is 33.2 Å². The van der Waals surface area contributed by atoms with Crippen molar-refractivity contribution < 1.29 is 40.7 Å². The lowest BCUT2D eigenvalue weighted by molar-refractivity contribution is -0.143. The molecule has 6 nitrogen and oxygen atoms in total. The molecule has 1 rings (SSSR count). The van der Waals surface area contributed by atoms with Crippen molar-refractivity contribution >= 4 is 11.8 Å². The van der Waals surface area contributed by atoms with E-state index >= 15 is 0 Å². The molecule has 1 atom stereocenters. The summed E-state index contributed by atoms with van der Waals surface area (Å²) in [6.07, 6.45) is -9.96. The van der Waals surface area contributed by atoms with Gasteiger partial charge in [-0.15, -0.1) is 0 Å². The first-order valence-electron chi connectivity index (χ1n) is 7.42. The van der Waals surface area contributed by atoms with Gasteiger partial charge < -0.3 is 21.1 Å². The Morgan fingerprint density at radius 1 is 1.04 bits per heavy atom. The maximum Gasteiger partial charge on any atom is 0.416 e. The number of hydrogen-bond acceptors (Lipinski definition) is 4. The van der Waals surface area contributed by atoms with E-state index in [0.29, 0.717) is 12.1 Å². The molecular weight excluding hydrogens is 384 g/mol. The molecule has 0 bridgehead atoms. The van der Waals surface area contributed by atoms with Crippen molar-refractivity contribution in [2.75, 3.05) is 20.3 Å². The monoisotopic (exact) mass is 401 g/mol. The highest BCUT2D eigenvalue weighted by atomic mass is 19.4. The third-order valence-electron chi connectivity index (χ3n) is 3.24. The minimum atomic E-state index is -4.98. The van der Waals surface area contributed by atoms with Gasteiger partial charge in [0.1, 0.15) is 6.04 Å². The number of amides is 2. The topological polar surface area (TPSA) is 93.4 Å². The predicted molar refractivity (Wildman–Crippen MR) is 81.2 cm³/mol. The van der Waals surface area contributed by atoms with E-state index in [1.54, 1.807) is 0 Å². The quantitative estimate of drug-likeness (QED) is 0.603. The molecule has 0 heterocycles. The highest BCUT2D eigenvalue weighted by Crippen LogP contribution is 2.36. The summed E-state index contributed by atoms with van der Waals surface area (Å²) in [4.78, 5) is 23.1. The molecule has 0 unspecified atom stereocenters. The number of nitrogens with one attached hydrogen (secondary N) is 2. The summed E-state index contributed by atoms with van der Waals surface area (Å²) < 4.78 is 81.2. The fourth-order valence-electron chi connectivity index (χ4n) is 1.94. The first kappa shape index (κ1) is 22.7. The zero-order chi connectivity index (χ0) is 20.8. The molecule has 1 aromatic rings. The minimum Gasteiger partial charge on any atom is -0.383 e. The third-order valence-corrected chi connectivity index (χ3v) is 3.24. The van der Waals surface area contributed by atoms with E-state index in [2.05, 4.69) is 15.4 Å². The van der Waals surface area contributed by atoms with Gasteiger partial charge in [0, 0.05) is 13.7 Å². The van der Waals surface area contributed by atoms with Gasteiger partial charge in [-0.2, -0.15) is 26.3 Å². The van der Waals surface area contributed by atoms with E-state index < -0.39 is 60.0 Å². The van der Waals surface area contributed by atoms with Gasteiger partial charge in [-0.1, -0.05) is 0 Å². The molecule has 152 valence electrons. The van der Waals surface area contributed by atoms with Gasteiger partial charge in [0.25, 0.3) is 0 Å². The van der Waals surface area contributed by atoms with Gasteiger partial charge in [-0.05, 0) is 23.8 Å². The number of ether oxygens (including phenoxy) is 1. The number of carbonyl (C=O) groups excluding carboxylic acids is 2. The molecule has 2 amide bonds. The van der Waals surface area contributed by atoms with Gasteiger partial charge in [0.2, 0.25) is 11.8 Å². The molecule has 0 aliphatic heterocycles. The Kier molecular flexibility index (Phi) is 7.60. The second kappa shape index (κ2) is 9.04. The van der Waals surface area contributed by atoms with Crippen LogP contribution < -0.4 is 16.4 Å². The Morgan fingerprint density at radius 3 is 2.00 bits per heavy atom. The largest absolute Gasteiger partial charge is 0.416 e. The second-order valence-electron chi connectivity index (χ2n) is 5.47. The Hall–Kier alpha value is -2.34. The van der Waals surface area contributed by atoms with Crippen LogP contribution in [0.1, 0.15) is 16.7 Å². The molecule has 0 fully saturated rings. The number of hydrogen-bond donors (Lipinski definition) is 3. The van der Waals surface area contributed by atoms with Gasteiger partial charge in [0.05, 0.1) is 24.3 Å². The van der Waals surface area contributed by atoms with Crippen LogP contribution in [0.3, 0.4) is 0 Å². The number of methoxy groups -OCH3 is 1. The maximum absolute atomic E-state index is 12.8. The van der Waals surface area contributed by atoms with Gasteiger partial charge in [-0.25, -0.2) is 0 Å². The average molecular weight is 401 g/mol. The van der Waals surface area contributed by atoms with Crippen molar-refractivity contribution in [2.45, 2.75) is 24.9 Å². The summed E-state index contributed by atoms with van der Waals surface area (Å²) in [6, 6.07) is -0.0332. The van der Waals surface area contributed by atoms with Crippen LogP contribution in [0.25, 0.3) is 0 Å². The molecule has 0 saturated carbocycles. The van der Waals surface area contributed by atoms with E-state index in [1.165, 1.54) is 7.11 Å². The first-order chi connectivity index (χ1) is 12.3. The molecular formula is C15H17F6N3O3. The molecule has 0 aliphatic rings. The minimum absolute atomic E-state index is 0.0112. The van der Waals surface area contributed by atoms with Crippen molar-refractivity contribution in [3.63, 3.8) is 0 Å². The number of benzene rings is 1. The van der Waals surface area contributed by atoms with E-state index in [9.17, 15) is 35.9 Å². The first-order valence-corrected chi connectivity index (χ1v) is 7.42. The zero-order valence-electron chi connectivity index (χ0n) is 14.0. The lowest BCUT2D eigenvalue weighted by Gasteiger charge is -2.15. The van der Waals surface area contributed by atoms with Gasteiger partial charge in [-0.3, -0.25) is 9.59 Å². The highest BCUT2D eigenvalue weighted by molar-refractivity contribution is 5.87. The van der Waals surface area contributed by atoms with Crippen molar-refractivity contribution in [3.05, 3.63) is 34.9 Å². The lowest BCUT2D eigenvalue weighted by Crippen LogP contribution is -2.46. The Bertz CT molecular complexity index is 643. The fraction of sp³-hybridized carbons (Fsp3) is 0.467. The van der Waals surface area contributed by atoms with Crippen LogP contribution >= 0.6 is 0 Å². The van der Waals surface area contributed by atoms with Crippen molar-refractivity contribution in [3.8, 4) is 0 Å². The SMILES string of the molecule is COC[C@@H](N)C(=O)NCC(=O)NCc1cc(C(F)(F)F)cc(C(F)(F)F)c1. The second-order valence-corrected chi connectivity index (χ2v) is 5.47. The molecule has 0 spiro atoms. The molecule has 0 saturated heterocycles. The standard InChI is InChI=1S/C15H17F6N3O3/c1-27-7-11(22)13(26)24-6-12(25)23-5-8-2-9(14(16,17)18)4-10(3-8)15(19,20)21/h2-4,11H,5-7,22H2,1H3,(H,23,25)(H,24,26)/t11-/m1/s1. The third kappa shape index (κ3) is 7.43. The summed E-state index contributed by atoms with van der Waals surface area (Å²) in [5, 5.41) is 4.28. The van der Waals surface area contributed by atoms with E-state index in [1.807, 2.05) is 0 Å². The average Bonchev–Trinajstić information content (AvgIpc) is 2.56. The highest BCUT2D eigenvalue weighted by Gasteiger charge is 2.36. The van der Waals surface area contributed by atoms with Crippen LogP contribution in [0.15, 0.2) is 18.2 Å². The van der Waals surface area contributed by atoms with Crippen molar-refractivity contribution in [2.24, 2.45) is 5.73 Å². The van der Waals surface area contributed by atoms with Crippen LogP contribution in [0.5, 0.6) is 0 Å². The van der Waals surface area contributed by atoms with Crippen LogP contribution in [0.4, 0.5) is 26.3 Å². The van der Waals surface area contributed by atoms with E-state index in [-0.39, 0.29) is 12.7 Å².